The third-order valence-corrected chi connectivity index (χ3v) is 13.8. The Labute approximate surface area is 459 Å². The number of allylic oxidation sites excluding steroid dienone is 17. The topological polar surface area (TPSA) is 149 Å². The maximum atomic E-state index is 13.1. The Balaban J connectivity index is 2.26. The fourth-order valence-electron chi connectivity index (χ4n) is 9.04. The van der Waals surface area contributed by atoms with Crippen molar-refractivity contribution in [3.63, 3.8) is 0 Å². The van der Waals surface area contributed by atoms with Gasteiger partial charge in [0, 0.05) is 6.42 Å². The van der Waals surface area contributed by atoms with Gasteiger partial charge in [-0.15, -0.1) is 0 Å². The summed E-state index contributed by atoms with van der Waals surface area (Å²) >= 11 is 0. The van der Waals surface area contributed by atoms with Crippen LogP contribution in [-0.2, 0) is 14.3 Å². The molecule has 9 heteroatoms. The van der Waals surface area contributed by atoms with Crippen molar-refractivity contribution < 1.29 is 39.8 Å². The fourth-order valence-corrected chi connectivity index (χ4v) is 9.04. The van der Waals surface area contributed by atoms with Gasteiger partial charge in [-0.25, -0.2) is 0 Å². The van der Waals surface area contributed by atoms with Crippen LogP contribution in [0.1, 0.15) is 245 Å². The van der Waals surface area contributed by atoms with Crippen LogP contribution in [0, 0.1) is 0 Å². The molecule has 0 spiro atoms. The highest BCUT2D eigenvalue weighted by molar-refractivity contribution is 5.76. The first kappa shape index (κ1) is 69.9. The number of ether oxygens (including phenoxy) is 2. The van der Waals surface area contributed by atoms with Crippen molar-refractivity contribution in [2.24, 2.45) is 0 Å². The standard InChI is InChI=1S/C66H113NO8/c1-3-5-7-9-11-13-15-17-19-21-23-25-27-28-29-30-31-32-34-36-38-40-42-44-46-48-50-52-54-56-62(70)67-59(58-74-66-65(73)64(72)63(71)61(57-68)75-66)60(69)55-53-51-49-47-45-43-41-39-37-35-33-26-24-22-20-18-16-14-12-10-8-6-4-2/h5,7,11,13,17,19,23,25,28-29,31-32,36,38,45,47,53,55,59-61,63-66,68-69,71-73H,3-4,6,8-10,12,14-16,18,20-22,24,26-27,30,33-35,37,39-44,46,48-52,54,56-58H2,1-2H3,(H,67,70)/b7-5-,13-11-,19-17-,25-23-,29-28-,32-31-,38-36-,47-45+,55-53+. The van der Waals surface area contributed by atoms with Gasteiger partial charge in [-0.2, -0.15) is 0 Å². The average Bonchev–Trinajstić information content (AvgIpc) is 3.41. The molecule has 7 unspecified atom stereocenters. The monoisotopic (exact) mass is 1050 g/mol. The summed E-state index contributed by atoms with van der Waals surface area (Å²) in [5.74, 6) is -0.201. The van der Waals surface area contributed by atoms with E-state index in [9.17, 15) is 30.3 Å². The molecule has 1 saturated heterocycles. The van der Waals surface area contributed by atoms with E-state index in [1.54, 1.807) is 6.08 Å². The lowest BCUT2D eigenvalue weighted by atomic mass is 9.99. The third kappa shape index (κ3) is 43.5. The highest BCUT2D eigenvalue weighted by atomic mass is 16.7. The van der Waals surface area contributed by atoms with Crippen molar-refractivity contribution in [1.82, 2.24) is 5.32 Å². The molecule has 0 radical (unpaired) electrons. The van der Waals surface area contributed by atoms with E-state index in [2.05, 4.69) is 116 Å². The van der Waals surface area contributed by atoms with E-state index in [1.165, 1.54) is 128 Å². The summed E-state index contributed by atoms with van der Waals surface area (Å²) in [6.07, 6.45) is 73.0. The lowest BCUT2D eigenvalue weighted by molar-refractivity contribution is -0.302. The lowest BCUT2D eigenvalue weighted by Crippen LogP contribution is -2.60. The summed E-state index contributed by atoms with van der Waals surface area (Å²) in [5, 5.41) is 54.6. The Kier molecular flexibility index (Phi) is 50.5. The van der Waals surface area contributed by atoms with Crippen LogP contribution >= 0.6 is 0 Å². The van der Waals surface area contributed by atoms with Gasteiger partial charge in [0.1, 0.15) is 24.4 Å². The van der Waals surface area contributed by atoms with E-state index in [4.69, 9.17) is 9.47 Å². The predicted octanol–water partition coefficient (Wildman–Crippen LogP) is 15.7. The number of hydrogen-bond donors (Lipinski definition) is 6. The van der Waals surface area contributed by atoms with Crippen LogP contribution in [0.2, 0.25) is 0 Å². The van der Waals surface area contributed by atoms with Crippen molar-refractivity contribution in [2.45, 2.75) is 288 Å². The second-order valence-corrected chi connectivity index (χ2v) is 20.8. The highest BCUT2D eigenvalue weighted by Crippen LogP contribution is 2.23. The predicted molar refractivity (Wildman–Crippen MR) is 317 cm³/mol. The third-order valence-electron chi connectivity index (χ3n) is 13.8. The van der Waals surface area contributed by atoms with Crippen LogP contribution in [0.5, 0.6) is 0 Å². The smallest absolute Gasteiger partial charge is 0.220 e. The number of rotatable bonds is 51. The van der Waals surface area contributed by atoms with Gasteiger partial charge in [-0.1, -0.05) is 258 Å². The summed E-state index contributed by atoms with van der Waals surface area (Å²) in [4.78, 5) is 13.1. The summed E-state index contributed by atoms with van der Waals surface area (Å²) in [7, 11) is 0. The van der Waals surface area contributed by atoms with E-state index in [-0.39, 0.29) is 12.5 Å². The normalized spacial score (nSPS) is 19.7. The summed E-state index contributed by atoms with van der Waals surface area (Å²) in [6, 6.07) is -0.837. The Hall–Kier alpha value is -3.15. The van der Waals surface area contributed by atoms with Gasteiger partial charge in [0.25, 0.3) is 0 Å². The number of carbonyl (C=O) groups excluding carboxylic acids is 1. The molecule has 0 bridgehead atoms. The van der Waals surface area contributed by atoms with Crippen LogP contribution in [-0.4, -0.2) is 87.5 Å². The van der Waals surface area contributed by atoms with Gasteiger partial charge < -0.3 is 40.3 Å². The van der Waals surface area contributed by atoms with Gasteiger partial charge in [0.15, 0.2) is 6.29 Å². The van der Waals surface area contributed by atoms with Gasteiger partial charge in [-0.05, 0) is 89.9 Å². The van der Waals surface area contributed by atoms with E-state index in [0.717, 1.165) is 96.3 Å². The van der Waals surface area contributed by atoms with E-state index < -0.39 is 49.5 Å². The molecule has 0 aromatic heterocycles. The number of aliphatic hydroxyl groups is 5. The Morgan fingerprint density at radius 3 is 1.28 bits per heavy atom. The molecule has 1 rings (SSSR count). The van der Waals surface area contributed by atoms with E-state index in [1.807, 2.05) is 6.08 Å². The van der Waals surface area contributed by atoms with Gasteiger partial charge in [0.2, 0.25) is 5.91 Å². The maximum Gasteiger partial charge on any atom is 0.220 e. The zero-order chi connectivity index (χ0) is 54.3. The van der Waals surface area contributed by atoms with Crippen LogP contribution in [0.15, 0.2) is 109 Å². The molecule has 0 saturated carbocycles. The molecule has 7 atom stereocenters. The van der Waals surface area contributed by atoms with Gasteiger partial charge in [-0.3, -0.25) is 4.79 Å². The molecule has 1 fully saturated rings. The number of amides is 1. The lowest BCUT2D eigenvalue weighted by Gasteiger charge is -2.40. The minimum absolute atomic E-state index is 0.201. The molecule has 6 N–H and O–H groups in total. The van der Waals surface area contributed by atoms with Crippen molar-refractivity contribution in [3.8, 4) is 0 Å². The minimum Gasteiger partial charge on any atom is -0.394 e. The van der Waals surface area contributed by atoms with Crippen LogP contribution < -0.4 is 5.32 Å². The van der Waals surface area contributed by atoms with Gasteiger partial charge in [0.05, 0.1) is 25.4 Å². The molecule has 1 aliphatic rings. The summed E-state index contributed by atoms with van der Waals surface area (Å²) in [5.41, 5.74) is 0. The first-order chi connectivity index (χ1) is 36.8. The molecule has 9 nitrogen and oxygen atoms in total. The molecule has 0 aromatic carbocycles. The van der Waals surface area contributed by atoms with E-state index >= 15 is 0 Å². The molecular formula is C66H113NO8. The highest BCUT2D eigenvalue weighted by Gasteiger charge is 2.44. The number of unbranched alkanes of at least 4 members (excludes halogenated alkanes) is 25. The first-order valence-corrected chi connectivity index (χ1v) is 30.6. The summed E-state index contributed by atoms with van der Waals surface area (Å²) < 4.78 is 11.3. The van der Waals surface area contributed by atoms with Crippen LogP contribution in [0.4, 0.5) is 0 Å². The molecule has 1 amide bonds. The van der Waals surface area contributed by atoms with Crippen molar-refractivity contribution in [1.29, 1.82) is 0 Å². The van der Waals surface area contributed by atoms with E-state index in [0.29, 0.717) is 6.42 Å². The largest absolute Gasteiger partial charge is 0.394 e. The molecule has 1 heterocycles. The average molecular weight is 1050 g/mol. The Bertz CT molecular complexity index is 1540. The van der Waals surface area contributed by atoms with Crippen LogP contribution in [0.25, 0.3) is 0 Å². The Morgan fingerprint density at radius 2 is 0.840 bits per heavy atom. The maximum absolute atomic E-state index is 13.1. The fraction of sp³-hybridized carbons (Fsp3) is 0.712. The first-order valence-electron chi connectivity index (χ1n) is 30.6. The second kappa shape index (κ2) is 54.2. The molecule has 0 aromatic rings. The van der Waals surface area contributed by atoms with Crippen LogP contribution in [0.3, 0.4) is 0 Å². The zero-order valence-electron chi connectivity index (χ0n) is 47.8. The number of carbonyl (C=O) groups is 1. The molecule has 75 heavy (non-hydrogen) atoms. The Morgan fingerprint density at radius 1 is 0.467 bits per heavy atom. The quantitative estimate of drug-likeness (QED) is 0.0261. The second-order valence-electron chi connectivity index (χ2n) is 20.8. The number of hydrogen-bond acceptors (Lipinski definition) is 8. The van der Waals surface area contributed by atoms with Crippen molar-refractivity contribution >= 4 is 5.91 Å². The molecule has 0 aliphatic carbocycles. The minimum atomic E-state index is -1.58. The summed E-state index contributed by atoms with van der Waals surface area (Å²) in [6.45, 7) is 3.65. The molecule has 430 valence electrons. The van der Waals surface area contributed by atoms with Crippen molar-refractivity contribution in [3.05, 3.63) is 109 Å². The van der Waals surface area contributed by atoms with Gasteiger partial charge >= 0.3 is 0 Å². The van der Waals surface area contributed by atoms with Crippen molar-refractivity contribution in [2.75, 3.05) is 13.2 Å². The number of nitrogens with one attached hydrogen (secondary N) is 1. The number of aliphatic hydroxyl groups excluding tert-OH is 5. The SMILES string of the molecule is CC/C=C\C/C=C\C/C=C\C/C=C\C/C=C\C/C=C\C/C=C\CCCCCCCCCC(=O)NC(COC1OC(CO)C(O)C(O)C1O)C(O)/C=C/CC/C=C/CCCCCCCCCCCCCCCCCCC. The zero-order valence-corrected chi connectivity index (χ0v) is 47.8. The molecular weight excluding hydrogens is 935 g/mol. The molecule has 1 aliphatic heterocycles.